The minimum absolute atomic E-state index is 0.0344. The van der Waals surface area contributed by atoms with Crippen molar-refractivity contribution in [1.82, 2.24) is 0 Å². The molecule has 1 N–H and O–H groups in total. The lowest BCUT2D eigenvalue weighted by molar-refractivity contribution is 0.0564. The van der Waals surface area contributed by atoms with E-state index >= 15 is 0 Å². The second-order valence-corrected chi connectivity index (χ2v) is 6.36. The van der Waals surface area contributed by atoms with E-state index in [2.05, 4.69) is 6.92 Å². The van der Waals surface area contributed by atoms with Gasteiger partial charge in [-0.2, -0.15) is 0 Å². The van der Waals surface area contributed by atoms with Crippen molar-refractivity contribution in [2.24, 2.45) is 11.3 Å². The Labute approximate surface area is 118 Å². The number of carbonyl (C=O) groups is 1. The van der Waals surface area contributed by atoms with Crippen molar-refractivity contribution >= 4 is 11.5 Å². The summed E-state index contributed by atoms with van der Waals surface area (Å²) in [5, 5.41) is 9.59. The van der Waals surface area contributed by atoms with Crippen LogP contribution < -0.4 is 0 Å². The lowest BCUT2D eigenvalue weighted by Crippen LogP contribution is -2.17. The molecule has 1 aromatic heterocycles. The topological polar surface area (TPSA) is 59.7 Å². The molecule has 0 radical (unpaired) electrons. The Bertz CT molecular complexity index is 596. The van der Waals surface area contributed by atoms with Gasteiger partial charge in [-0.25, -0.2) is 4.79 Å². The van der Waals surface area contributed by atoms with E-state index in [0.717, 1.165) is 36.0 Å². The van der Waals surface area contributed by atoms with Crippen LogP contribution in [0, 0.1) is 11.3 Å². The van der Waals surface area contributed by atoms with Gasteiger partial charge in [0.05, 0.1) is 13.4 Å². The zero-order valence-electron chi connectivity index (χ0n) is 12.2. The third-order valence-corrected chi connectivity index (χ3v) is 4.79. The van der Waals surface area contributed by atoms with Crippen molar-refractivity contribution < 1.29 is 19.1 Å². The van der Waals surface area contributed by atoms with Gasteiger partial charge in [0.15, 0.2) is 0 Å². The highest BCUT2D eigenvalue weighted by molar-refractivity contribution is 5.94. The summed E-state index contributed by atoms with van der Waals surface area (Å²) in [6.07, 6.45) is 4.45. The lowest BCUT2D eigenvalue weighted by atomic mass is 9.82. The lowest BCUT2D eigenvalue weighted by Gasteiger charge is -2.21. The maximum atomic E-state index is 11.8. The van der Waals surface area contributed by atoms with Crippen LogP contribution in [0.5, 0.6) is 0 Å². The molecule has 20 heavy (non-hydrogen) atoms. The molecule has 1 heterocycles. The summed E-state index contributed by atoms with van der Waals surface area (Å²) in [7, 11) is 1.36. The number of fused-ring (bicyclic) bond motifs is 2. The van der Waals surface area contributed by atoms with E-state index in [1.165, 1.54) is 12.7 Å². The van der Waals surface area contributed by atoms with Crippen LogP contribution >= 0.6 is 0 Å². The third kappa shape index (κ3) is 1.82. The molecule has 2 unspecified atom stereocenters. The predicted molar refractivity (Wildman–Crippen MR) is 74.3 cm³/mol. The van der Waals surface area contributed by atoms with Crippen molar-refractivity contribution in [3.05, 3.63) is 28.7 Å². The third-order valence-electron chi connectivity index (χ3n) is 4.79. The van der Waals surface area contributed by atoms with Crippen molar-refractivity contribution in [2.45, 2.75) is 33.1 Å². The number of carbonyl (C=O) groups excluding carboxylic acids is 1. The standard InChI is InChI=1S/C16H20O4/c1-9-12-6-16(2,8-17)5-10(12)4-11-7-20-14(13(9)11)15(18)19-3/h7,10,17H,4-6,8H2,1-3H3. The first kappa shape index (κ1) is 13.4. The molecule has 1 aromatic rings. The smallest absolute Gasteiger partial charge is 0.374 e. The van der Waals surface area contributed by atoms with Crippen molar-refractivity contribution in [3.63, 3.8) is 0 Å². The number of aliphatic hydroxyl groups is 1. The highest BCUT2D eigenvalue weighted by Crippen LogP contribution is 2.52. The van der Waals surface area contributed by atoms with Crippen LogP contribution in [0.4, 0.5) is 0 Å². The van der Waals surface area contributed by atoms with Crippen molar-refractivity contribution in [3.8, 4) is 0 Å². The number of rotatable bonds is 2. The molecule has 2 aliphatic carbocycles. The first-order chi connectivity index (χ1) is 9.49. The van der Waals surface area contributed by atoms with Gasteiger partial charge in [-0.3, -0.25) is 0 Å². The number of hydrogen-bond donors (Lipinski definition) is 1. The average Bonchev–Trinajstić information content (AvgIpc) is 3.00. The van der Waals surface area contributed by atoms with Gasteiger partial charge in [-0.15, -0.1) is 0 Å². The van der Waals surface area contributed by atoms with E-state index in [4.69, 9.17) is 9.15 Å². The maximum Gasteiger partial charge on any atom is 0.374 e. The Morgan fingerprint density at radius 3 is 3.00 bits per heavy atom. The Balaban J connectivity index is 2.06. The molecule has 1 saturated carbocycles. The number of aliphatic hydroxyl groups excluding tert-OH is 1. The monoisotopic (exact) mass is 276 g/mol. The van der Waals surface area contributed by atoms with E-state index in [1.54, 1.807) is 6.26 Å². The summed E-state index contributed by atoms with van der Waals surface area (Å²) in [5.41, 5.74) is 4.44. The normalized spacial score (nSPS) is 28.3. The second-order valence-electron chi connectivity index (χ2n) is 6.36. The molecule has 0 spiro atoms. The highest BCUT2D eigenvalue weighted by Gasteiger charge is 2.42. The van der Waals surface area contributed by atoms with Gasteiger partial charge in [0, 0.05) is 12.2 Å². The molecule has 0 aromatic carbocycles. The summed E-state index contributed by atoms with van der Waals surface area (Å²) in [6.45, 7) is 4.38. The fourth-order valence-electron chi connectivity index (χ4n) is 3.77. The number of allylic oxidation sites excluding steroid dienone is 2. The molecular weight excluding hydrogens is 256 g/mol. The predicted octanol–water partition coefficient (Wildman–Crippen LogP) is 2.80. The quantitative estimate of drug-likeness (QED) is 0.844. The van der Waals surface area contributed by atoms with Gasteiger partial charge >= 0.3 is 5.97 Å². The fourth-order valence-corrected chi connectivity index (χ4v) is 3.77. The van der Waals surface area contributed by atoms with E-state index in [1.807, 2.05) is 6.92 Å². The second kappa shape index (κ2) is 4.48. The van der Waals surface area contributed by atoms with Gasteiger partial charge < -0.3 is 14.3 Å². The summed E-state index contributed by atoms with van der Waals surface area (Å²) in [4.78, 5) is 11.8. The van der Waals surface area contributed by atoms with Gasteiger partial charge in [0.2, 0.25) is 5.76 Å². The first-order valence-corrected chi connectivity index (χ1v) is 6.98. The van der Waals surface area contributed by atoms with Crippen LogP contribution in [0.2, 0.25) is 0 Å². The van der Waals surface area contributed by atoms with Gasteiger partial charge in [0.1, 0.15) is 0 Å². The molecule has 0 bridgehead atoms. The molecule has 4 heteroatoms. The Morgan fingerprint density at radius 1 is 1.60 bits per heavy atom. The molecule has 4 nitrogen and oxygen atoms in total. The molecule has 108 valence electrons. The number of ether oxygens (including phenoxy) is 1. The van der Waals surface area contributed by atoms with Crippen LogP contribution in [0.1, 0.15) is 48.4 Å². The summed E-state index contributed by atoms with van der Waals surface area (Å²) in [6, 6.07) is 0. The first-order valence-electron chi connectivity index (χ1n) is 6.98. The highest BCUT2D eigenvalue weighted by atomic mass is 16.5. The van der Waals surface area contributed by atoms with Crippen LogP contribution in [0.3, 0.4) is 0 Å². The Hall–Kier alpha value is -1.55. The van der Waals surface area contributed by atoms with E-state index < -0.39 is 5.97 Å². The molecule has 2 aliphatic rings. The number of hydrogen-bond acceptors (Lipinski definition) is 4. The average molecular weight is 276 g/mol. The van der Waals surface area contributed by atoms with Crippen LogP contribution in [-0.4, -0.2) is 24.8 Å². The van der Waals surface area contributed by atoms with Crippen LogP contribution in [0.25, 0.3) is 5.57 Å². The summed E-state index contributed by atoms with van der Waals surface area (Å²) < 4.78 is 10.2. The maximum absolute atomic E-state index is 11.8. The van der Waals surface area contributed by atoms with Crippen molar-refractivity contribution in [2.75, 3.05) is 13.7 Å². The molecule has 1 fully saturated rings. The van der Waals surface area contributed by atoms with Crippen LogP contribution in [-0.2, 0) is 11.2 Å². The fraction of sp³-hybridized carbons (Fsp3) is 0.562. The summed E-state index contributed by atoms with van der Waals surface area (Å²) >= 11 is 0. The van der Waals surface area contributed by atoms with Crippen LogP contribution in [0.15, 0.2) is 16.3 Å². The molecular formula is C16H20O4. The van der Waals surface area contributed by atoms with Gasteiger partial charge in [0.25, 0.3) is 0 Å². The Kier molecular flexibility index (Phi) is 3.01. The van der Waals surface area contributed by atoms with Gasteiger partial charge in [-0.05, 0) is 48.7 Å². The molecule has 3 rings (SSSR count). The number of furan rings is 1. The minimum Gasteiger partial charge on any atom is -0.463 e. The van der Waals surface area contributed by atoms with E-state index in [-0.39, 0.29) is 12.0 Å². The van der Waals surface area contributed by atoms with Crippen molar-refractivity contribution in [1.29, 1.82) is 0 Å². The molecule has 0 aliphatic heterocycles. The summed E-state index contributed by atoms with van der Waals surface area (Å²) in [5.74, 6) is 0.346. The zero-order chi connectivity index (χ0) is 14.5. The van der Waals surface area contributed by atoms with Gasteiger partial charge in [-0.1, -0.05) is 12.5 Å². The Morgan fingerprint density at radius 2 is 2.35 bits per heavy atom. The molecule has 0 amide bonds. The number of esters is 1. The van der Waals surface area contributed by atoms with E-state index in [0.29, 0.717) is 11.7 Å². The zero-order valence-corrected chi connectivity index (χ0v) is 12.2. The largest absolute Gasteiger partial charge is 0.463 e. The SMILES string of the molecule is COC(=O)c1occ2c1C(C)=C1CC(C)(CO)CC1C2. The minimum atomic E-state index is -0.424. The number of methoxy groups -OCH3 is 1. The molecule has 2 atom stereocenters. The molecule has 0 saturated heterocycles. The van der Waals surface area contributed by atoms with E-state index in [9.17, 15) is 9.90 Å².